The van der Waals surface area contributed by atoms with Crippen molar-refractivity contribution < 1.29 is 14.3 Å². The molecule has 10 nitrogen and oxygen atoms in total. The Morgan fingerprint density at radius 2 is 1.94 bits per heavy atom. The molecular weight excluding hydrogens is 426 g/mol. The number of H-pyrrole nitrogens is 1. The Labute approximate surface area is 190 Å². The molecule has 0 spiro atoms. The number of alkyl carbamates (subject to hydrolysis) is 1. The summed E-state index contributed by atoms with van der Waals surface area (Å²) in [5.41, 5.74) is 0.213. The molecule has 0 bridgehead atoms. The van der Waals surface area contributed by atoms with Gasteiger partial charge in [-0.25, -0.2) is 14.6 Å². The number of fused-ring (bicyclic) bond motifs is 2. The van der Waals surface area contributed by atoms with E-state index in [1.165, 1.54) is 0 Å². The number of nitrogens with zero attached hydrogens (tertiary/aromatic N) is 3. The Balaban J connectivity index is 1.75. The SMILES string of the molecule is Cc1cc2nc3c(=O)[nH]c(=O)nc-3n(CCNC(=O)OC(C)(C)C)c2cc1OC1CCCC1. The van der Waals surface area contributed by atoms with E-state index in [2.05, 4.69) is 20.3 Å². The second-order valence-electron chi connectivity index (χ2n) is 9.37. The number of carbonyl (C=O) groups is 1. The molecule has 2 heterocycles. The number of hydrogen-bond donors (Lipinski definition) is 2. The van der Waals surface area contributed by atoms with Gasteiger partial charge in [0.2, 0.25) is 0 Å². The van der Waals surface area contributed by atoms with Crippen molar-refractivity contribution in [2.45, 2.75) is 71.6 Å². The van der Waals surface area contributed by atoms with Crippen LogP contribution >= 0.6 is 0 Å². The molecule has 0 radical (unpaired) electrons. The molecule has 0 aromatic heterocycles. The van der Waals surface area contributed by atoms with Crippen molar-refractivity contribution in [3.8, 4) is 17.3 Å². The van der Waals surface area contributed by atoms with E-state index in [-0.39, 0.29) is 30.7 Å². The first-order valence-electron chi connectivity index (χ1n) is 11.2. The van der Waals surface area contributed by atoms with Crippen LogP contribution < -0.4 is 21.3 Å². The lowest BCUT2D eigenvalue weighted by Gasteiger charge is -2.21. The number of amides is 1. The summed E-state index contributed by atoms with van der Waals surface area (Å²) >= 11 is 0. The van der Waals surface area contributed by atoms with E-state index >= 15 is 0 Å². The minimum Gasteiger partial charge on any atom is -0.490 e. The minimum absolute atomic E-state index is 0.0585. The first kappa shape index (κ1) is 22.8. The molecule has 1 aliphatic carbocycles. The van der Waals surface area contributed by atoms with Crippen LogP contribution in [0.5, 0.6) is 5.75 Å². The number of rotatable bonds is 5. The number of hydrogen-bond acceptors (Lipinski definition) is 7. The van der Waals surface area contributed by atoms with Crippen molar-refractivity contribution in [2.24, 2.45) is 0 Å². The second kappa shape index (κ2) is 8.84. The van der Waals surface area contributed by atoms with Gasteiger partial charge in [-0.05, 0) is 65.0 Å². The summed E-state index contributed by atoms with van der Waals surface area (Å²) in [5, 5.41) is 2.71. The zero-order chi connectivity index (χ0) is 23.8. The Morgan fingerprint density at radius 3 is 2.64 bits per heavy atom. The number of ether oxygens (including phenoxy) is 2. The predicted octanol–water partition coefficient (Wildman–Crippen LogP) is 2.74. The Bertz CT molecular complexity index is 1270. The molecule has 1 aromatic carbocycles. The average molecular weight is 456 g/mol. The van der Waals surface area contributed by atoms with Crippen LogP contribution in [0.15, 0.2) is 21.7 Å². The van der Waals surface area contributed by atoms with Gasteiger partial charge < -0.3 is 19.4 Å². The lowest BCUT2D eigenvalue weighted by Crippen LogP contribution is -2.35. The molecule has 2 aliphatic heterocycles. The van der Waals surface area contributed by atoms with Gasteiger partial charge in [-0.15, -0.1) is 0 Å². The van der Waals surface area contributed by atoms with Gasteiger partial charge in [0.15, 0.2) is 11.5 Å². The number of aryl methyl sites for hydroxylation is 1. The van der Waals surface area contributed by atoms with Crippen LogP contribution in [0.1, 0.15) is 52.0 Å². The van der Waals surface area contributed by atoms with Crippen molar-refractivity contribution in [3.05, 3.63) is 38.5 Å². The fourth-order valence-corrected chi connectivity index (χ4v) is 4.05. The van der Waals surface area contributed by atoms with Gasteiger partial charge in [0.25, 0.3) is 5.56 Å². The molecule has 3 aliphatic rings. The summed E-state index contributed by atoms with van der Waals surface area (Å²) in [6.07, 6.45) is 3.96. The molecule has 2 N–H and O–H groups in total. The fraction of sp³-hybridized carbons (Fsp3) is 0.522. The highest BCUT2D eigenvalue weighted by molar-refractivity contribution is 5.82. The van der Waals surface area contributed by atoms with E-state index in [1.807, 2.05) is 19.1 Å². The van der Waals surface area contributed by atoms with Gasteiger partial charge in [0.1, 0.15) is 11.4 Å². The molecule has 1 amide bonds. The molecule has 1 aromatic rings. The van der Waals surface area contributed by atoms with Crippen LogP contribution in [0.25, 0.3) is 22.6 Å². The van der Waals surface area contributed by atoms with Crippen LogP contribution in [0, 0.1) is 6.92 Å². The predicted molar refractivity (Wildman–Crippen MR) is 123 cm³/mol. The summed E-state index contributed by atoms with van der Waals surface area (Å²) in [4.78, 5) is 47.1. The molecule has 1 saturated carbocycles. The van der Waals surface area contributed by atoms with Crippen molar-refractivity contribution >= 4 is 17.1 Å². The van der Waals surface area contributed by atoms with Gasteiger partial charge in [-0.2, -0.15) is 4.98 Å². The average Bonchev–Trinajstić information content (AvgIpc) is 3.21. The maximum absolute atomic E-state index is 12.4. The normalized spacial score (nSPS) is 14.7. The highest BCUT2D eigenvalue weighted by Crippen LogP contribution is 2.31. The van der Waals surface area contributed by atoms with Crippen LogP contribution in [0.4, 0.5) is 4.79 Å². The van der Waals surface area contributed by atoms with E-state index < -0.39 is 22.9 Å². The summed E-state index contributed by atoms with van der Waals surface area (Å²) in [6.45, 7) is 7.73. The number of nitrogens with one attached hydrogen (secondary N) is 2. The van der Waals surface area contributed by atoms with E-state index in [4.69, 9.17) is 9.47 Å². The smallest absolute Gasteiger partial charge is 0.407 e. The van der Waals surface area contributed by atoms with Crippen molar-refractivity contribution in [3.63, 3.8) is 0 Å². The molecule has 1 fully saturated rings. The summed E-state index contributed by atoms with van der Waals surface area (Å²) in [6, 6.07) is 3.73. The first-order chi connectivity index (χ1) is 15.6. The number of aromatic amines is 1. The molecule has 176 valence electrons. The van der Waals surface area contributed by atoms with Gasteiger partial charge in [0, 0.05) is 19.2 Å². The maximum Gasteiger partial charge on any atom is 0.407 e. The minimum atomic E-state index is -0.753. The van der Waals surface area contributed by atoms with Crippen molar-refractivity contribution in [2.75, 3.05) is 6.54 Å². The zero-order valence-electron chi connectivity index (χ0n) is 19.4. The van der Waals surface area contributed by atoms with Crippen molar-refractivity contribution in [1.82, 2.24) is 24.8 Å². The largest absolute Gasteiger partial charge is 0.490 e. The molecule has 0 saturated heterocycles. The zero-order valence-corrected chi connectivity index (χ0v) is 19.4. The first-order valence-corrected chi connectivity index (χ1v) is 11.2. The van der Waals surface area contributed by atoms with Gasteiger partial charge in [-0.1, -0.05) is 0 Å². The van der Waals surface area contributed by atoms with Crippen LogP contribution in [-0.2, 0) is 11.3 Å². The number of benzene rings is 1. The molecule has 0 atom stereocenters. The van der Waals surface area contributed by atoms with E-state index in [0.29, 0.717) is 11.0 Å². The molecule has 4 rings (SSSR count). The third-order valence-electron chi connectivity index (χ3n) is 5.51. The maximum atomic E-state index is 12.4. The van der Waals surface area contributed by atoms with Gasteiger partial charge in [-0.3, -0.25) is 9.78 Å². The molecular formula is C23H29N5O5. The Morgan fingerprint density at radius 1 is 1.21 bits per heavy atom. The van der Waals surface area contributed by atoms with Crippen LogP contribution in [0.2, 0.25) is 0 Å². The molecule has 0 unspecified atom stereocenters. The summed E-state index contributed by atoms with van der Waals surface area (Å²) in [5.74, 6) is 0.884. The van der Waals surface area contributed by atoms with E-state index in [9.17, 15) is 14.4 Å². The quantitative estimate of drug-likeness (QED) is 0.566. The number of aromatic nitrogens is 4. The van der Waals surface area contributed by atoms with E-state index in [1.54, 1.807) is 25.3 Å². The lowest BCUT2D eigenvalue weighted by atomic mass is 10.1. The fourth-order valence-electron chi connectivity index (χ4n) is 4.05. The van der Waals surface area contributed by atoms with Crippen LogP contribution in [0.3, 0.4) is 0 Å². The van der Waals surface area contributed by atoms with Gasteiger partial charge >= 0.3 is 11.8 Å². The standard InChI is InChI=1S/C23H29N5O5/c1-13-11-15-16(12-17(13)32-14-7-5-6-8-14)28(10-9-24-22(31)33-23(2,3)4)19-18(25-15)20(29)27-21(30)26-19/h11-12,14H,5-10H2,1-4H3,(H,24,31)(H,27,29,30). The second-order valence-corrected chi connectivity index (χ2v) is 9.37. The molecule has 33 heavy (non-hydrogen) atoms. The monoisotopic (exact) mass is 455 g/mol. The lowest BCUT2D eigenvalue weighted by molar-refractivity contribution is 0.0526. The van der Waals surface area contributed by atoms with Crippen molar-refractivity contribution in [1.29, 1.82) is 0 Å². The highest BCUT2D eigenvalue weighted by Gasteiger charge is 2.22. The van der Waals surface area contributed by atoms with E-state index in [0.717, 1.165) is 37.0 Å². The third kappa shape index (κ3) is 5.15. The summed E-state index contributed by atoms with van der Waals surface area (Å²) < 4.78 is 13.2. The Kier molecular flexibility index (Phi) is 6.09. The molecule has 10 heteroatoms. The van der Waals surface area contributed by atoms with Gasteiger partial charge in [0.05, 0.1) is 17.1 Å². The highest BCUT2D eigenvalue weighted by atomic mass is 16.6. The number of carbonyl (C=O) groups excluding carboxylic acids is 1. The topological polar surface area (TPSA) is 128 Å². The summed E-state index contributed by atoms with van der Waals surface area (Å²) in [7, 11) is 0. The Hall–Kier alpha value is -3.43. The van der Waals surface area contributed by atoms with Crippen LogP contribution in [-0.4, -0.2) is 43.9 Å². The third-order valence-corrected chi connectivity index (χ3v) is 5.51.